The minimum absolute atomic E-state index is 0.0814. The van der Waals surface area contributed by atoms with Gasteiger partial charge < -0.3 is 25.2 Å². The molecule has 114 valence electrons. The highest BCUT2D eigenvalue weighted by Gasteiger charge is 2.76. The molecule has 1 aliphatic heterocycles. The van der Waals surface area contributed by atoms with Gasteiger partial charge >= 0.3 is 0 Å². The molecule has 0 aromatic heterocycles. The first-order valence-corrected chi connectivity index (χ1v) is 6.76. The van der Waals surface area contributed by atoms with Crippen LogP contribution in [-0.2, 0) is 4.74 Å². The molecule has 1 fully saturated rings. The van der Waals surface area contributed by atoms with Gasteiger partial charge in [0.2, 0.25) is 5.78 Å². The van der Waals surface area contributed by atoms with Crippen LogP contribution in [0.1, 0.15) is 42.8 Å². The van der Waals surface area contributed by atoms with E-state index in [9.17, 15) is 25.2 Å². The number of phenols is 1. The largest absolute Gasteiger partial charge is 0.507 e. The topological polar surface area (TPSA) is 107 Å². The Balaban J connectivity index is 2.35. The van der Waals surface area contributed by atoms with Gasteiger partial charge in [0.05, 0.1) is 11.7 Å². The van der Waals surface area contributed by atoms with Gasteiger partial charge in [-0.1, -0.05) is 26.0 Å². The van der Waals surface area contributed by atoms with Gasteiger partial charge in [-0.15, -0.1) is 0 Å². The van der Waals surface area contributed by atoms with E-state index in [1.54, 1.807) is 20.8 Å². The highest BCUT2D eigenvalue weighted by atomic mass is 16.7. The average Bonchev–Trinajstić information content (AvgIpc) is 2.56. The number of Topliss-reactive ketones (excluding diaryl/α,β-unsaturated/α-hetero) is 1. The monoisotopic (exact) mass is 294 g/mol. The minimum atomic E-state index is -2.60. The molecule has 0 spiro atoms. The van der Waals surface area contributed by atoms with E-state index >= 15 is 0 Å². The Labute approximate surface area is 121 Å². The fourth-order valence-electron chi connectivity index (χ4n) is 3.43. The first-order chi connectivity index (χ1) is 9.59. The van der Waals surface area contributed by atoms with Gasteiger partial charge in [-0.05, 0) is 18.6 Å². The number of ketones is 1. The van der Waals surface area contributed by atoms with Crippen LogP contribution in [0.25, 0.3) is 0 Å². The summed E-state index contributed by atoms with van der Waals surface area (Å²) in [6, 6.07) is 4.18. The molecule has 0 radical (unpaired) electrons. The minimum Gasteiger partial charge on any atom is -0.507 e. The molecule has 1 aliphatic carbocycles. The summed E-state index contributed by atoms with van der Waals surface area (Å²) in [6.45, 7) is 4.83. The summed E-state index contributed by atoms with van der Waals surface area (Å²) in [5.74, 6) is -3.91. The molecule has 1 aromatic rings. The zero-order chi connectivity index (χ0) is 15.8. The highest BCUT2D eigenvalue weighted by molar-refractivity contribution is 6.07. The van der Waals surface area contributed by atoms with Crippen molar-refractivity contribution in [3.63, 3.8) is 0 Å². The smallest absolute Gasteiger partial charge is 0.265 e. The zero-order valence-electron chi connectivity index (χ0n) is 12.0. The van der Waals surface area contributed by atoms with E-state index in [2.05, 4.69) is 0 Å². The molecule has 6 nitrogen and oxygen atoms in total. The van der Waals surface area contributed by atoms with Gasteiger partial charge in [-0.25, -0.2) is 0 Å². The van der Waals surface area contributed by atoms with Gasteiger partial charge in [0.15, 0.2) is 5.60 Å². The lowest BCUT2D eigenvalue weighted by Crippen LogP contribution is -2.67. The van der Waals surface area contributed by atoms with E-state index in [1.807, 2.05) is 0 Å². The molecule has 3 rings (SSSR count). The van der Waals surface area contributed by atoms with Crippen LogP contribution >= 0.6 is 0 Å². The van der Waals surface area contributed by atoms with E-state index in [1.165, 1.54) is 18.2 Å². The van der Waals surface area contributed by atoms with Crippen molar-refractivity contribution >= 4 is 5.78 Å². The lowest BCUT2D eigenvalue weighted by Gasteiger charge is -2.48. The average molecular weight is 294 g/mol. The molecule has 1 saturated heterocycles. The molecule has 4 atom stereocenters. The van der Waals surface area contributed by atoms with E-state index in [0.717, 1.165) is 0 Å². The Morgan fingerprint density at radius 2 is 1.86 bits per heavy atom. The number of aliphatic hydroxyl groups is 3. The molecule has 1 heterocycles. The maximum absolute atomic E-state index is 12.6. The quantitative estimate of drug-likeness (QED) is 0.554. The number of aromatic hydroxyl groups is 1. The molecule has 0 saturated carbocycles. The number of aliphatic hydroxyl groups excluding tert-OH is 1. The fourth-order valence-corrected chi connectivity index (χ4v) is 3.43. The molecule has 4 N–H and O–H groups in total. The molecule has 0 bridgehead atoms. The molecule has 1 aromatic carbocycles. The van der Waals surface area contributed by atoms with Gasteiger partial charge in [0.25, 0.3) is 5.79 Å². The third-order valence-corrected chi connectivity index (χ3v) is 5.16. The second-order valence-corrected chi connectivity index (χ2v) is 6.37. The van der Waals surface area contributed by atoms with Crippen LogP contribution in [0.2, 0.25) is 0 Å². The number of phenolic OH excluding ortho intramolecular Hbond substituents is 1. The van der Waals surface area contributed by atoms with Crippen molar-refractivity contribution in [2.24, 2.45) is 5.41 Å². The molecular formula is C15H18O6. The normalized spacial score (nSPS) is 40.8. The number of carbonyl (C=O) groups excluding carboxylic acids is 1. The van der Waals surface area contributed by atoms with Gasteiger partial charge in [0.1, 0.15) is 11.9 Å². The Morgan fingerprint density at radius 1 is 1.24 bits per heavy atom. The molecule has 6 heteroatoms. The third-order valence-electron chi connectivity index (χ3n) is 5.16. The van der Waals surface area contributed by atoms with Crippen molar-refractivity contribution < 1.29 is 30.0 Å². The van der Waals surface area contributed by atoms with Crippen LogP contribution < -0.4 is 0 Å². The van der Waals surface area contributed by atoms with E-state index < -0.39 is 34.8 Å². The molecular weight excluding hydrogens is 276 g/mol. The standard InChI is InChI=1S/C15H18O6/c1-7-13(2,3)14(19)11(17)8-5-4-6-9(16)10(8)12(18)15(14,20)21-7/h4-7,11,16-17,19-20H,1-3H3/t7-,11-,14-,15+/m0/s1. The van der Waals surface area contributed by atoms with Crippen molar-refractivity contribution in [3.05, 3.63) is 29.3 Å². The van der Waals surface area contributed by atoms with Gasteiger partial charge in [-0.2, -0.15) is 0 Å². The number of fused-ring (bicyclic) bond motifs is 2. The second-order valence-electron chi connectivity index (χ2n) is 6.37. The van der Waals surface area contributed by atoms with Crippen molar-refractivity contribution in [2.75, 3.05) is 0 Å². The third kappa shape index (κ3) is 1.34. The summed E-state index contributed by atoms with van der Waals surface area (Å²) in [5.41, 5.74) is -3.43. The fraction of sp³-hybridized carbons (Fsp3) is 0.533. The zero-order valence-corrected chi connectivity index (χ0v) is 12.0. The summed E-state index contributed by atoms with van der Waals surface area (Å²) in [4.78, 5) is 12.6. The maximum Gasteiger partial charge on any atom is 0.265 e. The van der Waals surface area contributed by atoms with Crippen LogP contribution in [-0.4, -0.2) is 43.7 Å². The summed E-state index contributed by atoms with van der Waals surface area (Å²) < 4.78 is 5.35. The summed E-state index contributed by atoms with van der Waals surface area (Å²) >= 11 is 0. The van der Waals surface area contributed by atoms with Crippen LogP contribution in [0, 0.1) is 5.41 Å². The van der Waals surface area contributed by atoms with Crippen LogP contribution in [0.4, 0.5) is 0 Å². The Bertz CT molecular complexity index is 639. The van der Waals surface area contributed by atoms with Crippen molar-refractivity contribution in [2.45, 2.75) is 44.4 Å². The first kappa shape index (κ1) is 14.5. The highest BCUT2D eigenvalue weighted by Crippen LogP contribution is 2.60. The number of hydrogen-bond donors (Lipinski definition) is 4. The summed E-state index contributed by atoms with van der Waals surface area (Å²) in [5, 5.41) is 42.2. The van der Waals surface area contributed by atoms with E-state index in [4.69, 9.17) is 4.74 Å². The van der Waals surface area contributed by atoms with Gasteiger partial charge in [0, 0.05) is 5.41 Å². The van der Waals surface area contributed by atoms with Crippen LogP contribution in [0.15, 0.2) is 18.2 Å². The number of hydrogen-bond acceptors (Lipinski definition) is 6. The number of benzene rings is 1. The van der Waals surface area contributed by atoms with Crippen molar-refractivity contribution in [1.82, 2.24) is 0 Å². The summed E-state index contributed by atoms with van der Waals surface area (Å²) in [7, 11) is 0. The van der Waals surface area contributed by atoms with Crippen LogP contribution in [0.3, 0.4) is 0 Å². The number of carbonyl (C=O) groups is 1. The number of ether oxygens (including phenoxy) is 1. The first-order valence-electron chi connectivity index (χ1n) is 6.76. The predicted molar refractivity (Wildman–Crippen MR) is 71.6 cm³/mol. The Kier molecular flexibility index (Phi) is 2.64. The molecule has 0 unspecified atom stereocenters. The lowest BCUT2D eigenvalue weighted by atomic mass is 9.61. The molecule has 21 heavy (non-hydrogen) atoms. The summed E-state index contributed by atoms with van der Waals surface area (Å²) in [6.07, 6.45) is -2.25. The van der Waals surface area contributed by atoms with Crippen molar-refractivity contribution in [3.8, 4) is 5.75 Å². The van der Waals surface area contributed by atoms with Gasteiger partial charge in [-0.3, -0.25) is 4.79 Å². The Hall–Kier alpha value is -1.47. The molecule has 2 aliphatic rings. The van der Waals surface area contributed by atoms with Crippen LogP contribution in [0.5, 0.6) is 5.75 Å². The second kappa shape index (κ2) is 3.84. The SMILES string of the molecule is C[C@@H]1O[C@]2(O)C(=O)c3c(O)cccc3[C@H](O)[C@]2(O)C1(C)C. The van der Waals surface area contributed by atoms with E-state index in [0.29, 0.717) is 0 Å². The van der Waals surface area contributed by atoms with E-state index in [-0.39, 0.29) is 16.9 Å². The number of rotatable bonds is 0. The predicted octanol–water partition coefficient (Wildman–Crippen LogP) is 0.486. The molecule has 0 amide bonds. The Morgan fingerprint density at radius 3 is 2.48 bits per heavy atom. The maximum atomic E-state index is 12.6. The lowest BCUT2D eigenvalue weighted by molar-refractivity contribution is -0.268. The van der Waals surface area contributed by atoms with Crippen molar-refractivity contribution in [1.29, 1.82) is 0 Å².